The lowest BCUT2D eigenvalue weighted by atomic mass is 9.92. The molecule has 1 atom stereocenters. The van der Waals surface area contributed by atoms with Crippen LogP contribution in [0.2, 0.25) is 0 Å². The van der Waals surface area contributed by atoms with Gasteiger partial charge in [0.1, 0.15) is 17.5 Å². The lowest BCUT2D eigenvalue weighted by molar-refractivity contribution is -0.123. The Morgan fingerprint density at radius 1 is 1.41 bits per heavy atom. The van der Waals surface area contributed by atoms with Crippen molar-refractivity contribution in [1.82, 2.24) is 9.97 Å². The number of hydrogen-bond donors (Lipinski definition) is 3. The van der Waals surface area contributed by atoms with Crippen LogP contribution in [0.4, 0.5) is 20.3 Å². The highest BCUT2D eigenvalue weighted by molar-refractivity contribution is 7.99. The summed E-state index contributed by atoms with van der Waals surface area (Å²) in [6, 6.07) is 2.66. The molecule has 2 aromatic rings. The van der Waals surface area contributed by atoms with Crippen LogP contribution in [0.15, 0.2) is 40.8 Å². The molecule has 0 aliphatic carbocycles. The molecule has 0 fully saturated rings. The average molecular weight is 392 g/mol. The van der Waals surface area contributed by atoms with Crippen molar-refractivity contribution in [2.75, 3.05) is 16.4 Å². The first kappa shape index (κ1) is 18.8. The summed E-state index contributed by atoms with van der Waals surface area (Å²) in [6.07, 6.45) is 1.32. The molecule has 10 heteroatoms. The minimum Gasteiger partial charge on any atom is -0.323 e. The van der Waals surface area contributed by atoms with E-state index in [-0.39, 0.29) is 28.6 Å². The second kappa shape index (κ2) is 7.70. The van der Waals surface area contributed by atoms with Gasteiger partial charge in [0.15, 0.2) is 5.16 Å². The van der Waals surface area contributed by atoms with Crippen LogP contribution in [0.1, 0.15) is 17.9 Å². The summed E-state index contributed by atoms with van der Waals surface area (Å²) < 4.78 is 26.8. The number of aromatic amines is 1. The second-order valence-corrected chi connectivity index (χ2v) is 6.66. The summed E-state index contributed by atoms with van der Waals surface area (Å²) in [7, 11) is 0. The Kier molecular flexibility index (Phi) is 5.36. The van der Waals surface area contributed by atoms with Crippen LogP contribution in [0.3, 0.4) is 0 Å². The molecule has 1 aromatic heterocycles. The van der Waals surface area contributed by atoms with Gasteiger partial charge in [0.25, 0.3) is 5.56 Å². The summed E-state index contributed by atoms with van der Waals surface area (Å²) in [5, 5.41) is 5.03. The van der Waals surface area contributed by atoms with Crippen molar-refractivity contribution in [2.45, 2.75) is 17.5 Å². The molecule has 2 heterocycles. The van der Waals surface area contributed by atoms with Crippen molar-refractivity contribution < 1.29 is 18.4 Å². The van der Waals surface area contributed by atoms with E-state index >= 15 is 0 Å². The third-order valence-corrected chi connectivity index (χ3v) is 4.64. The fraction of sp³-hybridized carbons (Fsp3) is 0.176. The van der Waals surface area contributed by atoms with Gasteiger partial charge in [-0.1, -0.05) is 17.8 Å². The van der Waals surface area contributed by atoms with Gasteiger partial charge in [-0.2, -0.15) is 0 Å². The molecule has 0 saturated carbocycles. The first-order valence-electron chi connectivity index (χ1n) is 7.82. The van der Waals surface area contributed by atoms with Crippen molar-refractivity contribution in [2.24, 2.45) is 0 Å². The Bertz CT molecular complexity index is 993. The highest BCUT2D eigenvalue weighted by Crippen LogP contribution is 2.30. The van der Waals surface area contributed by atoms with Crippen LogP contribution >= 0.6 is 11.8 Å². The van der Waals surface area contributed by atoms with Crippen LogP contribution in [0.5, 0.6) is 0 Å². The number of carbonyl (C=O) groups is 2. The zero-order valence-corrected chi connectivity index (χ0v) is 14.7. The van der Waals surface area contributed by atoms with Crippen molar-refractivity contribution in [3.05, 3.63) is 58.4 Å². The van der Waals surface area contributed by atoms with E-state index in [9.17, 15) is 23.2 Å². The number of fused-ring (bicyclic) bond motifs is 1. The predicted octanol–water partition coefficient (Wildman–Crippen LogP) is 2.39. The van der Waals surface area contributed by atoms with Gasteiger partial charge in [-0.25, -0.2) is 13.8 Å². The van der Waals surface area contributed by atoms with E-state index in [0.717, 1.165) is 12.1 Å². The van der Waals surface area contributed by atoms with E-state index in [1.165, 1.54) is 11.8 Å². The number of nitrogens with one attached hydrogen (secondary N) is 3. The van der Waals surface area contributed by atoms with Gasteiger partial charge in [0.2, 0.25) is 11.8 Å². The molecule has 0 unspecified atom stereocenters. The van der Waals surface area contributed by atoms with Gasteiger partial charge >= 0.3 is 0 Å². The highest BCUT2D eigenvalue weighted by Gasteiger charge is 2.35. The standard InChI is InChI=1S/C17H14F2N4O3S/c1-2-5-27-17-22-14-13(16(26)23-17)9(7-12(24)21-14)15(25)20-11-4-3-8(18)6-10(11)19/h2-4,6,9H,1,5,7H2,(H,20,25)(H2,21,22,23,24,26)/t9-/m0/s1. The van der Waals surface area contributed by atoms with Crippen molar-refractivity contribution in [1.29, 1.82) is 0 Å². The van der Waals surface area contributed by atoms with Crippen LogP contribution in [-0.2, 0) is 9.59 Å². The minimum atomic E-state index is -1.16. The van der Waals surface area contributed by atoms with Gasteiger partial charge < -0.3 is 15.6 Å². The SMILES string of the molecule is C=CCSc1nc2c(c(=O)[nH]1)[C@@H](C(=O)Nc1ccc(F)cc1F)CC(=O)N2. The summed E-state index contributed by atoms with van der Waals surface area (Å²) in [4.78, 5) is 43.7. The third kappa shape index (κ3) is 4.05. The van der Waals surface area contributed by atoms with Gasteiger partial charge in [0.05, 0.1) is 17.2 Å². The third-order valence-electron chi connectivity index (χ3n) is 3.77. The molecule has 0 saturated heterocycles. The maximum Gasteiger partial charge on any atom is 0.257 e. The smallest absolute Gasteiger partial charge is 0.257 e. The van der Waals surface area contributed by atoms with Crippen molar-refractivity contribution >= 4 is 35.1 Å². The number of halogens is 2. The number of nitrogens with zero attached hydrogens (tertiary/aromatic N) is 1. The maximum absolute atomic E-state index is 13.8. The van der Waals surface area contributed by atoms with E-state index in [1.807, 2.05) is 0 Å². The molecule has 0 spiro atoms. The molecule has 0 bridgehead atoms. The number of carbonyl (C=O) groups excluding carboxylic acids is 2. The van der Waals surface area contributed by atoms with Gasteiger partial charge in [0, 0.05) is 18.2 Å². The Labute approximate surface area is 156 Å². The number of hydrogen-bond acceptors (Lipinski definition) is 5. The zero-order valence-electron chi connectivity index (χ0n) is 13.8. The van der Waals surface area contributed by atoms with E-state index < -0.39 is 34.9 Å². The molecule has 3 rings (SSSR count). The van der Waals surface area contributed by atoms with E-state index in [0.29, 0.717) is 11.8 Å². The van der Waals surface area contributed by atoms with Gasteiger partial charge in [-0.3, -0.25) is 14.4 Å². The molecule has 27 heavy (non-hydrogen) atoms. The number of rotatable bonds is 5. The lowest BCUT2D eigenvalue weighted by Gasteiger charge is -2.23. The maximum atomic E-state index is 13.8. The van der Waals surface area contributed by atoms with Crippen molar-refractivity contribution in [3.8, 4) is 0 Å². The largest absolute Gasteiger partial charge is 0.323 e. The second-order valence-electron chi connectivity index (χ2n) is 5.65. The van der Waals surface area contributed by atoms with E-state index in [1.54, 1.807) is 6.08 Å². The van der Waals surface area contributed by atoms with Crippen LogP contribution in [0.25, 0.3) is 0 Å². The van der Waals surface area contributed by atoms with Crippen LogP contribution in [0, 0.1) is 11.6 Å². The van der Waals surface area contributed by atoms with Gasteiger partial charge in [-0.05, 0) is 12.1 Å². The molecule has 7 nitrogen and oxygen atoms in total. The lowest BCUT2D eigenvalue weighted by Crippen LogP contribution is -2.36. The Hall–Kier alpha value is -3.01. The monoisotopic (exact) mass is 392 g/mol. The Balaban J connectivity index is 1.93. The Morgan fingerprint density at radius 2 is 2.19 bits per heavy atom. The number of amides is 2. The number of benzene rings is 1. The fourth-order valence-corrected chi connectivity index (χ4v) is 3.19. The average Bonchev–Trinajstić information content (AvgIpc) is 2.61. The van der Waals surface area contributed by atoms with Gasteiger partial charge in [-0.15, -0.1) is 6.58 Å². The molecule has 1 aliphatic heterocycles. The highest BCUT2D eigenvalue weighted by atomic mass is 32.2. The zero-order chi connectivity index (χ0) is 19.6. The summed E-state index contributed by atoms with van der Waals surface area (Å²) >= 11 is 1.20. The summed E-state index contributed by atoms with van der Waals surface area (Å²) in [6.45, 7) is 3.57. The number of H-pyrrole nitrogens is 1. The quantitative estimate of drug-likeness (QED) is 0.412. The molecule has 2 amide bonds. The number of anilines is 2. The molecule has 140 valence electrons. The predicted molar refractivity (Wildman–Crippen MR) is 96.8 cm³/mol. The first-order chi connectivity index (χ1) is 12.9. The van der Waals surface area contributed by atoms with E-state index in [2.05, 4.69) is 27.2 Å². The number of thioether (sulfide) groups is 1. The number of aromatic nitrogens is 2. The molecular formula is C17H14F2N4O3S. The normalized spacial score (nSPS) is 15.6. The summed E-state index contributed by atoms with van der Waals surface area (Å²) in [5.41, 5.74) is -0.847. The molecule has 1 aromatic carbocycles. The molecular weight excluding hydrogens is 378 g/mol. The molecule has 1 aliphatic rings. The minimum absolute atomic E-state index is 0.0127. The molecule has 0 radical (unpaired) electrons. The summed E-state index contributed by atoms with van der Waals surface area (Å²) in [5.74, 6) is -3.71. The first-order valence-corrected chi connectivity index (χ1v) is 8.81. The molecule has 3 N–H and O–H groups in total. The van der Waals surface area contributed by atoms with E-state index in [4.69, 9.17) is 0 Å². The van der Waals surface area contributed by atoms with Crippen molar-refractivity contribution in [3.63, 3.8) is 0 Å². The van der Waals surface area contributed by atoms with Crippen LogP contribution in [-0.4, -0.2) is 27.5 Å². The fourth-order valence-electron chi connectivity index (χ4n) is 2.59. The van der Waals surface area contributed by atoms with Crippen LogP contribution < -0.4 is 16.2 Å². The topological polar surface area (TPSA) is 104 Å². The Morgan fingerprint density at radius 3 is 2.89 bits per heavy atom.